The second-order valence-corrected chi connectivity index (χ2v) is 3.79. The van der Waals surface area contributed by atoms with Crippen LogP contribution in [0.25, 0.3) is 0 Å². The van der Waals surface area contributed by atoms with Crippen LogP contribution in [0.1, 0.15) is 12.0 Å². The van der Waals surface area contributed by atoms with Gasteiger partial charge in [-0.15, -0.1) is 12.4 Å². The predicted octanol–water partition coefficient (Wildman–Crippen LogP) is 2.13. The molecule has 1 aromatic rings. The number of hydrogen-bond acceptors (Lipinski definition) is 2. The van der Waals surface area contributed by atoms with Gasteiger partial charge in [-0.1, -0.05) is 17.7 Å². The molecule has 0 aliphatic carbocycles. The van der Waals surface area contributed by atoms with Crippen LogP contribution in [-0.4, -0.2) is 19.5 Å². The molecule has 0 aliphatic rings. The highest BCUT2D eigenvalue weighted by Gasteiger charge is 2.03. The topological polar surface area (TPSA) is 41.1 Å². The van der Waals surface area contributed by atoms with Crippen molar-refractivity contribution >= 4 is 29.9 Å². The molecule has 1 rings (SSSR count). The van der Waals surface area contributed by atoms with Crippen LogP contribution in [0.3, 0.4) is 0 Å². The van der Waals surface area contributed by atoms with E-state index in [1.54, 1.807) is 13.1 Å². The molecule has 0 aromatic heterocycles. The maximum absolute atomic E-state index is 12.8. The van der Waals surface area contributed by atoms with Gasteiger partial charge in [0.05, 0.1) is 5.02 Å². The third-order valence-electron chi connectivity index (χ3n) is 2.08. The van der Waals surface area contributed by atoms with E-state index in [1.807, 2.05) is 0 Å². The highest BCUT2D eigenvalue weighted by molar-refractivity contribution is 6.30. The number of benzene rings is 1. The molecule has 1 amide bonds. The van der Waals surface area contributed by atoms with Gasteiger partial charge in [0.15, 0.2) is 0 Å². The lowest BCUT2D eigenvalue weighted by molar-refractivity contribution is -0.121. The van der Waals surface area contributed by atoms with Crippen molar-refractivity contribution in [2.45, 2.75) is 13.0 Å². The quantitative estimate of drug-likeness (QED) is 0.868. The van der Waals surface area contributed by atoms with E-state index >= 15 is 0 Å². The molecule has 0 bridgehead atoms. The van der Waals surface area contributed by atoms with Crippen LogP contribution in [0, 0.1) is 5.82 Å². The lowest BCUT2D eigenvalue weighted by atomic mass is 10.2. The highest BCUT2D eigenvalue weighted by atomic mass is 35.5. The Bertz CT molecular complexity index is 374. The van der Waals surface area contributed by atoms with E-state index in [-0.39, 0.29) is 23.3 Å². The maximum Gasteiger partial charge on any atom is 0.221 e. The van der Waals surface area contributed by atoms with Gasteiger partial charge >= 0.3 is 0 Å². The molecule has 3 nitrogen and oxygen atoms in total. The molecule has 0 saturated heterocycles. The molecule has 0 aliphatic heterocycles. The number of amides is 1. The van der Waals surface area contributed by atoms with E-state index in [1.165, 1.54) is 12.1 Å². The fraction of sp³-hybridized carbons (Fsp3) is 0.364. The van der Waals surface area contributed by atoms with Crippen LogP contribution >= 0.6 is 24.0 Å². The van der Waals surface area contributed by atoms with E-state index in [2.05, 4.69) is 10.6 Å². The van der Waals surface area contributed by atoms with Crippen LogP contribution in [0.5, 0.6) is 0 Å². The Kier molecular flexibility index (Phi) is 7.87. The van der Waals surface area contributed by atoms with Crippen molar-refractivity contribution in [1.29, 1.82) is 0 Å². The Labute approximate surface area is 111 Å². The second-order valence-electron chi connectivity index (χ2n) is 3.38. The van der Waals surface area contributed by atoms with Gasteiger partial charge in [0.1, 0.15) is 5.82 Å². The van der Waals surface area contributed by atoms with E-state index in [4.69, 9.17) is 11.6 Å². The van der Waals surface area contributed by atoms with Crippen molar-refractivity contribution in [2.75, 3.05) is 13.6 Å². The van der Waals surface area contributed by atoms with Crippen LogP contribution in [0.15, 0.2) is 18.2 Å². The fourth-order valence-corrected chi connectivity index (χ4v) is 1.38. The van der Waals surface area contributed by atoms with Gasteiger partial charge < -0.3 is 10.6 Å². The molecule has 0 atom stereocenters. The van der Waals surface area contributed by atoms with E-state index < -0.39 is 5.82 Å². The summed E-state index contributed by atoms with van der Waals surface area (Å²) in [6, 6.07) is 4.40. The van der Waals surface area contributed by atoms with Crippen LogP contribution in [-0.2, 0) is 11.3 Å². The number of nitrogens with one attached hydrogen (secondary N) is 2. The first-order valence-corrected chi connectivity index (χ1v) is 5.36. The Morgan fingerprint density at radius 2 is 2.18 bits per heavy atom. The molecule has 0 spiro atoms. The second kappa shape index (κ2) is 8.28. The molecule has 2 N–H and O–H groups in total. The van der Waals surface area contributed by atoms with Gasteiger partial charge in [-0.3, -0.25) is 4.79 Å². The first-order valence-electron chi connectivity index (χ1n) is 4.98. The van der Waals surface area contributed by atoms with Crippen LogP contribution in [0.2, 0.25) is 5.02 Å². The molecule has 0 heterocycles. The smallest absolute Gasteiger partial charge is 0.221 e. The fourth-order valence-electron chi connectivity index (χ4n) is 1.18. The molecule has 17 heavy (non-hydrogen) atoms. The lowest BCUT2D eigenvalue weighted by Crippen LogP contribution is -2.26. The number of carbonyl (C=O) groups is 1. The van der Waals surface area contributed by atoms with E-state index in [0.29, 0.717) is 19.5 Å². The molecule has 0 saturated carbocycles. The highest BCUT2D eigenvalue weighted by Crippen LogP contribution is 2.15. The van der Waals surface area contributed by atoms with Gasteiger partial charge in [-0.25, -0.2) is 4.39 Å². The average molecular weight is 281 g/mol. The zero-order valence-corrected chi connectivity index (χ0v) is 11.0. The third-order valence-corrected chi connectivity index (χ3v) is 2.37. The van der Waals surface area contributed by atoms with E-state index in [0.717, 1.165) is 5.56 Å². The van der Waals surface area contributed by atoms with Crippen molar-refractivity contribution in [3.63, 3.8) is 0 Å². The first kappa shape index (κ1) is 16.2. The maximum atomic E-state index is 12.8. The van der Waals surface area contributed by atoms with Gasteiger partial charge in [-0.05, 0) is 24.7 Å². The normalized spacial score (nSPS) is 9.59. The standard InChI is InChI=1S/C11H14ClFN2O.ClH/c1-14-5-4-11(16)15-7-8-2-3-10(13)9(12)6-8;/h2-3,6,14H,4-5,7H2,1H3,(H,15,16);1H. The van der Waals surface area contributed by atoms with Crippen molar-refractivity contribution < 1.29 is 9.18 Å². The summed E-state index contributed by atoms with van der Waals surface area (Å²) in [5.41, 5.74) is 0.782. The molecular weight excluding hydrogens is 266 g/mol. The Hall–Kier alpha value is -0.840. The van der Waals surface area contributed by atoms with Crippen LogP contribution in [0.4, 0.5) is 4.39 Å². The zero-order valence-electron chi connectivity index (χ0n) is 9.43. The molecule has 96 valence electrons. The van der Waals surface area contributed by atoms with Crippen molar-refractivity contribution in [3.05, 3.63) is 34.6 Å². The summed E-state index contributed by atoms with van der Waals surface area (Å²) >= 11 is 5.62. The summed E-state index contributed by atoms with van der Waals surface area (Å²) in [4.78, 5) is 11.3. The number of halogens is 3. The number of rotatable bonds is 5. The summed E-state index contributed by atoms with van der Waals surface area (Å²) < 4.78 is 12.8. The lowest BCUT2D eigenvalue weighted by Gasteiger charge is -2.05. The Balaban J connectivity index is 0.00000256. The van der Waals surface area contributed by atoms with Crippen molar-refractivity contribution in [1.82, 2.24) is 10.6 Å². The molecule has 6 heteroatoms. The summed E-state index contributed by atoms with van der Waals surface area (Å²) in [6.07, 6.45) is 0.422. The summed E-state index contributed by atoms with van der Waals surface area (Å²) in [5.74, 6) is -0.498. The molecule has 0 unspecified atom stereocenters. The van der Waals surface area contributed by atoms with Gasteiger partial charge in [0.2, 0.25) is 5.91 Å². The Morgan fingerprint density at radius 3 is 2.76 bits per heavy atom. The molecule has 1 aromatic carbocycles. The van der Waals surface area contributed by atoms with Gasteiger partial charge in [-0.2, -0.15) is 0 Å². The minimum atomic E-state index is -0.452. The van der Waals surface area contributed by atoms with Gasteiger partial charge in [0.25, 0.3) is 0 Å². The minimum Gasteiger partial charge on any atom is -0.352 e. The largest absolute Gasteiger partial charge is 0.352 e. The zero-order chi connectivity index (χ0) is 12.0. The minimum absolute atomic E-state index is 0. The average Bonchev–Trinajstić information content (AvgIpc) is 2.28. The monoisotopic (exact) mass is 280 g/mol. The first-order chi connectivity index (χ1) is 7.63. The van der Waals surface area contributed by atoms with Crippen molar-refractivity contribution in [2.24, 2.45) is 0 Å². The van der Waals surface area contributed by atoms with Crippen molar-refractivity contribution in [3.8, 4) is 0 Å². The SMILES string of the molecule is CNCCC(=O)NCc1ccc(F)c(Cl)c1.Cl. The van der Waals surface area contributed by atoms with Crippen LogP contribution < -0.4 is 10.6 Å². The number of carbonyl (C=O) groups excluding carboxylic acids is 1. The third kappa shape index (κ3) is 5.86. The molecule has 0 radical (unpaired) electrons. The van der Waals surface area contributed by atoms with Gasteiger partial charge in [0, 0.05) is 19.5 Å². The number of hydrogen-bond donors (Lipinski definition) is 2. The molecule has 0 fully saturated rings. The summed E-state index contributed by atoms with van der Waals surface area (Å²) in [6.45, 7) is 0.999. The predicted molar refractivity (Wildman–Crippen MR) is 69.0 cm³/mol. The van der Waals surface area contributed by atoms with E-state index in [9.17, 15) is 9.18 Å². The molecular formula is C11H15Cl2FN2O. The summed E-state index contributed by atoms with van der Waals surface area (Å²) in [5, 5.41) is 5.67. The summed E-state index contributed by atoms with van der Waals surface area (Å²) in [7, 11) is 1.78. The Morgan fingerprint density at radius 1 is 1.47 bits per heavy atom.